The number of carbonyl (C=O) groups is 3. The van der Waals surface area contributed by atoms with Gasteiger partial charge >= 0.3 is 12.1 Å². The maximum Gasteiger partial charge on any atom is 0.407 e. The molecule has 0 bridgehead atoms. The highest BCUT2D eigenvalue weighted by molar-refractivity contribution is 6.23. The van der Waals surface area contributed by atoms with Crippen LogP contribution in [-0.4, -0.2) is 53.0 Å². The molecule has 212 valence electrons. The van der Waals surface area contributed by atoms with Gasteiger partial charge in [0.1, 0.15) is 18.4 Å². The third-order valence-corrected chi connectivity index (χ3v) is 7.61. The van der Waals surface area contributed by atoms with Crippen molar-refractivity contribution in [1.29, 1.82) is 0 Å². The molecule has 0 radical (unpaired) electrons. The summed E-state index contributed by atoms with van der Waals surface area (Å²) in [5, 5.41) is 22.6. The SMILES string of the molecule is CCC(=NCCCC[C@H](NC(=O)OCC1c2ccccc2-c2ccccc21)C(=O)O)C1=C(O)CC(C)(C)CC1=O. The summed E-state index contributed by atoms with van der Waals surface area (Å²) in [5.74, 6) is -1.23. The zero-order chi connectivity index (χ0) is 28.9. The number of carboxylic acids is 1. The molecule has 0 unspecified atom stereocenters. The predicted octanol–water partition coefficient (Wildman–Crippen LogP) is 6.20. The molecule has 4 rings (SSSR count). The van der Waals surface area contributed by atoms with Crippen molar-refractivity contribution in [2.45, 2.75) is 71.3 Å². The number of ketones is 1. The topological polar surface area (TPSA) is 125 Å². The zero-order valence-electron chi connectivity index (χ0n) is 23.4. The quantitative estimate of drug-likeness (QED) is 0.228. The molecule has 2 aliphatic rings. The predicted molar refractivity (Wildman–Crippen MR) is 154 cm³/mol. The molecule has 2 aliphatic carbocycles. The number of carboxylic acid groups (broad SMARTS) is 1. The maximum atomic E-state index is 12.6. The Morgan fingerprint density at radius 3 is 2.25 bits per heavy atom. The van der Waals surface area contributed by atoms with E-state index in [-0.39, 0.29) is 35.9 Å². The first-order valence-corrected chi connectivity index (χ1v) is 13.9. The molecule has 0 fully saturated rings. The number of Topliss-reactive ketones (excluding diaryl/α,β-unsaturated/α-hetero) is 1. The first kappa shape index (κ1) is 29.1. The summed E-state index contributed by atoms with van der Waals surface area (Å²) < 4.78 is 5.50. The summed E-state index contributed by atoms with van der Waals surface area (Å²) >= 11 is 0. The first-order valence-electron chi connectivity index (χ1n) is 13.9. The Morgan fingerprint density at radius 2 is 1.68 bits per heavy atom. The van der Waals surface area contributed by atoms with E-state index < -0.39 is 18.1 Å². The highest BCUT2D eigenvalue weighted by Gasteiger charge is 2.34. The lowest BCUT2D eigenvalue weighted by atomic mass is 9.75. The number of rotatable bonds is 11. The Balaban J connectivity index is 1.28. The van der Waals surface area contributed by atoms with E-state index in [9.17, 15) is 24.6 Å². The van der Waals surface area contributed by atoms with E-state index in [4.69, 9.17) is 4.74 Å². The second-order valence-corrected chi connectivity index (χ2v) is 11.3. The fourth-order valence-corrected chi connectivity index (χ4v) is 5.70. The van der Waals surface area contributed by atoms with E-state index in [2.05, 4.69) is 22.4 Å². The summed E-state index contributed by atoms with van der Waals surface area (Å²) in [4.78, 5) is 41.5. The number of ether oxygens (including phenoxy) is 1. The van der Waals surface area contributed by atoms with Crippen LogP contribution in [0.1, 0.15) is 76.3 Å². The van der Waals surface area contributed by atoms with Gasteiger partial charge in [-0.2, -0.15) is 0 Å². The highest BCUT2D eigenvalue weighted by Crippen LogP contribution is 2.44. The number of hydrogen-bond donors (Lipinski definition) is 3. The van der Waals surface area contributed by atoms with Crippen LogP contribution in [0.3, 0.4) is 0 Å². The lowest BCUT2D eigenvalue weighted by molar-refractivity contribution is -0.139. The number of aliphatic hydroxyl groups excluding tert-OH is 1. The van der Waals surface area contributed by atoms with Crippen LogP contribution in [0, 0.1) is 5.41 Å². The van der Waals surface area contributed by atoms with Gasteiger partial charge in [0.05, 0.1) is 5.57 Å². The highest BCUT2D eigenvalue weighted by atomic mass is 16.5. The molecule has 0 aliphatic heterocycles. The van der Waals surface area contributed by atoms with Gasteiger partial charge in [-0.25, -0.2) is 9.59 Å². The monoisotopic (exact) mass is 546 g/mol. The molecule has 8 heteroatoms. The van der Waals surface area contributed by atoms with Crippen molar-refractivity contribution in [3.05, 3.63) is 71.0 Å². The molecule has 1 atom stereocenters. The Labute approximate surface area is 235 Å². The van der Waals surface area contributed by atoms with Crippen LogP contribution in [0.2, 0.25) is 0 Å². The molecule has 0 heterocycles. The number of nitrogens with zero attached hydrogens (tertiary/aromatic N) is 1. The number of carbonyl (C=O) groups excluding carboxylic acids is 2. The minimum absolute atomic E-state index is 0.0902. The molecule has 2 aromatic carbocycles. The van der Waals surface area contributed by atoms with E-state index in [1.165, 1.54) is 0 Å². The zero-order valence-corrected chi connectivity index (χ0v) is 23.4. The number of hydrogen-bond acceptors (Lipinski definition) is 6. The number of aliphatic carboxylic acids is 1. The van der Waals surface area contributed by atoms with Gasteiger partial charge in [0, 0.05) is 31.0 Å². The van der Waals surface area contributed by atoms with E-state index in [0.29, 0.717) is 49.9 Å². The van der Waals surface area contributed by atoms with Crippen molar-refractivity contribution in [3.8, 4) is 11.1 Å². The van der Waals surface area contributed by atoms with E-state index in [1.807, 2.05) is 57.2 Å². The Morgan fingerprint density at radius 1 is 1.05 bits per heavy atom. The van der Waals surface area contributed by atoms with Gasteiger partial charge in [-0.05, 0) is 53.4 Å². The van der Waals surface area contributed by atoms with Crippen LogP contribution in [-0.2, 0) is 14.3 Å². The van der Waals surface area contributed by atoms with Gasteiger partial charge < -0.3 is 20.3 Å². The number of nitrogens with one attached hydrogen (secondary N) is 1. The average Bonchev–Trinajstić information content (AvgIpc) is 3.22. The van der Waals surface area contributed by atoms with Crippen molar-refractivity contribution < 1.29 is 29.3 Å². The van der Waals surface area contributed by atoms with Gasteiger partial charge in [0.2, 0.25) is 0 Å². The van der Waals surface area contributed by atoms with Crippen molar-refractivity contribution >= 4 is 23.6 Å². The molecule has 0 saturated carbocycles. The minimum atomic E-state index is -1.13. The van der Waals surface area contributed by atoms with Crippen molar-refractivity contribution in [1.82, 2.24) is 5.32 Å². The van der Waals surface area contributed by atoms with Crippen molar-refractivity contribution in [3.63, 3.8) is 0 Å². The summed E-state index contributed by atoms with van der Waals surface area (Å²) in [6, 6.07) is 14.9. The standard InChI is InChI=1S/C32H38N2O6/c1-4-25(29-27(35)17-32(2,3)18-28(29)36)33-16-10-9-15-26(30(37)38)34-31(39)40-19-24-22-13-7-5-11-20(22)21-12-6-8-14-23(21)24/h5-8,11-14,24,26,35H,4,9-10,15-19H2,1-3H3,(H,34,39)(H,37,38)/t26-/m0/s1. The van der Waals surface area contributed by atoms with E-state index >= 15 is 0 Å². The van der Waals surface area contributed by atoms with Crippen LogP contribution in [0.4, 0.5) is 4.79 Å². The second kappa shape index (κ2) is 12.5. The molecule has 1 amide bonds. The number of unbranched alkanes of at least 4 members (excludes halogenated alkanes) is 1. The van der Waals surface area contributed by atoms with Gasteiger partial charge in [0.15, 0.2) is 5.78 Å². The lowest BCUT2D eigenvalue weighted by Crippen LogP contribution is -2.41. The van der Waals surface area contributed by atoms with Crippen LogP contribution >= 0.6 is 0 Å². The Bertz CT molecular complexity index is 1300. The average molecular weight is 547 g/mol. The van der Waals surface area contributed by atoms with Crippen LogP contribution in [0.15, 0.2) is 64.9 Å². The number of benzene rings is 2. The number of aliphatic imine (C=N–C) groups is 1. The van der Waals surface area contributed by atoms with E-state index in [1.54, 1.807) is 0 Å². The Hall–Kier alpha value is -3.94. The van der Waals surface area contributed by atoms with Gasteiger partial charge in [0.25, 0.3) is 0 Å². The van der Waals surface area contributed by atoms with Gasteiger partial charge in [-0.15, -0.1) is 0 Å². The summed E-state index contributed by atoms with van der Waals surface area (Å²) in [6.07, 6.45) is 1.87. The molecule has 0 aromatic heterocycles. The molecule has 8 nitrogen and oxygen atoms in total. The van der Waals surface area contributed by atoms with E-state index in [0.717, 1.165) is 22.3 Å². The number of amides is 1. The number of allylic oxidation sites excluding steroid dienone is 2. The van der Waals surface area contributed by atoms with Crippen molar-refractivity contribution in [2.75, 3.05) is 13.2 Å². The lowest BCUT2D eigenvalue weighted by Gasteiger charge is -2.29. The number of alkyl carbamates (subject to hydrolysis) is 1. The molecule has 0 saturated heterocycles. The molecule has 3 N–H and O–H groups in total. The number of aliphatic hydroxyl groups is 1. The smallest absolute Gasteiger partial charge is 0.407 e. The molecular formula is C32H38N2O6. The molecule has 0 spiro atoms. The third-order valence-electron chi connectivity index (χ3n) is 7.61. The summed E-state index contributed by atoms with van der Waals surface area (Å²) in [6.45, 7) is 6.31. The van der Waals surface area contributed by atoms with Gasteiger partial charge in [-0.3, -0.25) is 9.79 Å². The number of fused-ring (bicyclic) bond motifs is 3. The fraction of sp³-hybridized carbons (Fsp3) is 0.438. The summed E-state index contributed by atoms with van der Waals surface area (Å²) in [5.41, 5.74) is 5.06. The normalized spacial score (nSPS) is 17.3. The van der Waals surface area contributed by atoms with Crippen LogP contribution < -0.4 is 5.32 Å². The van der Waals surface area contributed by atoms with Gasteiger partial charge in [-0.1, -0.05) is 69.3 Å². The second-order valence-electron chi connectivity index (χ2n) is 11.3. The first-order chi connectivity index (χ1) is 19.1. The van der Waals surface area contributed by atoms with Crippen LogP contribution in [0.25, 0.3) is 11.1 Å². The fourth-order valence-electron chi connectivity index (χ4n) is 5.70. The maximum absolute atomic E-state index is 12.6. The van der Waals surface area contributed by atoms with Crippen molar-refractivity contribution in [2.24, 2.45) is 10.4 Å². The Kier molecular flexibility index (Phi) is 9.07. The largest absolute Gasteiger partial charge is 0.511 e. The molecule has 40 heavy (non-hydrogen) atoms. The molecular weight excluding hydrogens is 508 g/mol. The minimum Gasteiger partial charge on any atom is -0.511 e. The molecule has 2 aromatic rings. The third kappa shape index (κ3) is 6.61. The van der Waals surface area contributed by atoms with Crippen LogP contribution in [0.5, 0.6) is 0 Å². The summed E-state index contributed by atoms with van der Waals surface area (Å²) in [7, 11) is 0.